The van der Waals surface area contributed by atoms with E-state index >= 15 is 0 Å². The zero-order chi connectivity index (χ0) is 16.0. The van der Waals surface area contributed by atoms with Crippen LogP contribution < -0.4 is 5.32 Å². The number of urea groups is 1. The molecule has 8 nitrogen and oxygen atoms in total. The van der Waals surface area contributed by atoms with Crippen LogP contribution in [0.15, 0.2) is 0 Å². The number of hydrogen-bond acceptors (Lipinski definition) is 4. The van der Waals surface area contributed by atoms with E-state index in [1.807, 2.05) is 6.92 Å². The largest absolute Gasteiger partial charge is 0.481 e. The summed E-state index contributed by atoms with van der Waals surface area (Å²) < 4.78 is 0. The maximum Gasteiger partial charge on any atom is 0.326 e. The minimum absolute atomic E-state index is 0.124. The van der Waals surface area contributed by atoms with Crippen LogP contribution in [0.1, 0.15) is 26.7 Å². The van der Waals surface area contributed by atoms with Gasteiger partial charge in [0, 0.05) is 32.1 Å². The van der Waals surface area contributed by atoms with Crippen molar-refractivity contribution >= 4 is 18.0 Å². The molecule has 2 amide bonds. The van der Waals surface area contributed by atoms with Crippen molar-refractivity contribution in [3.63, 3.8) is 0 Å². The summed E-state index contributed by atoms with van der Waals surface area (Å²) in [4.78, 5) is 37.5. The van der Waals surface area contributed by atoms with Crippen molar-refractivity contribution in [1.29, 1.82) is 0 Å². The van der Waals surface area contributed by atoms with E-state index < -0.39 is 24.0 Å². The van der Waals surface area contributed by atoms with E-state index in [-0.39, 0.29) is 18.9 Å². The third-order valence-electron chi connectivity index (χ3n) is 3.70. The standard InChI is InChI=1S/C13H23N3O5/c1-3-15-6-7-16(8-9(15)2)13(21)14-10(12(19)20)4-5-11(17)18/h9-10H,3-8H2,1-2H3,(H,14,21)(H,17,18)(H,19,20). The lowest BCUT2D eigenvalue weighted by molar-refractivity contribution is -0.140. The van der Waals surface area contributed by atoms with Gasteiger partial charge in [-0.25, -0.2) is 9.59 Å². The molecular weight excluding hydrogens is 278 g/mol. The number of likely N-dealkylation sites (N-methyl/N-ethyl adjacent to an activating group) is 1. The summed E-state index contributed by atoms with van der Waals surface area (Å²) in [6.07, 6.45) is -0.419. The highest BCUT2D eigenvalue weighted by atomic mass is 16.4. The summed E-state index contributed by atoms with van der Waals surface area (Å²) >= 11 is 0. The van der Waals surface area contributed by atoms with E-state index in [0.717, 1.165) is 13.1 Å². The molecule has 1 rings (SSSR count). The molecule has 1 saturated heterocycles. The second-order valence-corrected chi connectivity index (χ2v) is 5.20. The van der Waals surface area contributed by atoms with Gasteiger partial charge in [0.1, 0.15) is 6.04 Å². The van der Waals surface area contributed by atoms with Gasteiger partial charge >= 0.3 is 18.0 Å². The Morgan fingerprint density at radius 1 is 1.29 bits per heavy atom. The normalized spacial score (nSPS) is 20.9. The Morgan fingerprint density at radius 2 is 1.95 bits per heavy atom. The van der Waals surface area contributed by atoms with Crippen molar-refractivity contribution in [2.45, 2.75) is 38.8 Å². The second kappa shape index (κ2) is 7.82. The van der Waals surface area contributed by atoms with Crippen LogP contribution >= 0.6 is 0 Å². The van der Waals surface area contributed by atoms with Gasteiger partial charge in [0.2, 0.25) is 0 Å². The smallest absolute Gasteiger partial charge is 0.326 e. The van der Waals surface area contributed by atoms with Crippen LogP contribution in [0.3, 0.4) is 0 Å². The number of piperazine rings is 1. The Hall–Kier alpha value is -1.83. The summed E-state index contributed by atoms with van der Waals surface area (Å²) in [5, 5.41) is 20.0. The molecule has 120 valence electrons. The van der Waals surface area contributed by atoms with Gasteiger partial charge in [-0.15, -0.1) is 0 Å². The quantitative estimate of drug-likeness (QED) is 0.639. The molecule has 0 radical (unpaired) electrons. The molecule has 2 atom stereocenters. The number of nitrogens with zero attached hydrogens (tertiary/aromatic N) is 2. The molecule has 0 spiro atoms. The fraction of sp³-hybridized carbons (Fsp3) is 0.769. The number of carboxylic acids is 2. The van der Waals surface area contributed by atoms with Crippen LogP contribution in [0, 0.1) is 0 Å². The molecule has 1 heterocycles. The Labute approximate surface area is 123 Å². The molecule has 3 N–H and O–H groups in total. The number of carboxylic acid groups (broad SMARTS) is 2. The fourth-order valence-corrected chi connectivity index (χ4v) is 2.42. The average molecular weight is 301 g/mol. The summed E-state index contributed by atoms with van der Waals surface area (Å²) in [5.74, 6) is -2.30. The van der Waals surface area contributed by atoms with Crippen LogP contribution in [0.5, 0.6) is 0 Å². The number of amides is 2. The SMILES string of the molecule is CCN1CCN(C(=O)NC(CCC(=O)O)C(=O)O)CC1C. The van der Waals surface area contributed by atoms with Crippen LogP contribution in [0.4, 0.5) is 4.79 Å². The lowest BCUT2D eigenvalue weighted by Crippen LogP contribution is -2.57. The third-order valence-corrected chi connectivity index (χ3v) is 3.70. The first-order chi connectivity index (χ1) is 9.85. The maximum atomic E-state index is 12.1. The maximum absolute atomic E-state index is 12.1. The molecule has 0 aromatic heterocycles. The van der Waals surface area contributed by atoms with Gasteiger partial charge in [0.25, 0.3) is 0 Å². The third kappa shape index (κ3) is 5.22. The zero-order valence-electron chi connectivity index (χ0n) is 12.4. The predicted octanol–water partition coefficient (Wildman–Crippen LogP) is 0.0400. The van der Waals surface area contributed by atoms with Crippen molar-refractivity contribution in [2.75, 3.05) is 26.2 Å². The molecule has 0 bridgehead atoms. The van der Waals surface area contributed by atoms with Crippen LogP contribution in [0.2, 0.25) is 0 Å². The summed E-state index contributed by atoms with van der Waals surface area (Å²) in [7, 11) is 0. The summed E-state index contributed by atoms with van der Waals surface area (Å²) in [6.45, 7) is 6.80. The zero-order valence-corrected chi connectivity index (χ0v) is 12.4. The fourth-order valence-electron chi connectivity index (χ4n) is 2.42. The molecule has 8 heteroatoms. The van der Waals surface area contributed by atoms with E-state index in [2.05, 4.69) is 17.1 Å². The monoisotopic (exact) mass is 301 g/mol. The molecule has 1 fully saturated rings. The number of carbonyl (C=O) groups excluding carboxylic acids is 1. The van der Waals surface area contributed by atoms with Crippen molar-refractivity contribution in [3.05, 3.63) is 0 Å². The topological polar surface area (TPSA) is 110 Å². The minimum atomic E-state index is -1.22. The number of nitrogens with one attached hydrogen (secondary N) is 1. The molecule has 2 unspecified atom stereocenters. The van der Waals surface area contributed by atoms with E-state index in [1.54, 1.807) is 4.90 Å². The van der Waals surface area contributed by atoms with E-state index in [9.17, 15) is 14.4 Å². The molecule has 0 saturated carbocycles. The Kier molecular flexibility index (Phi) is 6.41. The van der Waals surface area contributed by atoms with Gasteiger partial charge in [0.05, 0.1) is 0 Å². The van der Waals surface area contributed by atoms with E-state index in [1.165, 1.54) is 0 Å². The predicted molar refractivity (Wildman–Crippen MR) is 75.1 cm³/mol. The molecular formula is C13H23N3O5. The highest BCUT2D eigenvalue weighted by molar-refractivity contribution is 5.83. The first-order valence-corrected chi connectivity index (χ1v) is 7.09. The highest BCUT2D eigenvalue weighted by Crippen LogP contribution is 2.09. The van der Waals surface area contributed by atoms with Gasteiger partial charge in [0.15, 0.2) is 0 Å². The number of rotatable bonds is 6. The van der Waals surface area contributed by atoms with E-state index in [4.69, 9.17) is 10.2 Å². The van der Waals surface area contributed by atoms with E-state index in [0.29, 0.717) is 13.1 Å². The number of aliphatic carboxylic acids is 2. The van der Waals surface area contributed by atoms with Gasteiger partial charge in [-0.2, -0.15) is 0 Å². The molecule has 21 heavy (non-hydrogen) atoms. The number of carbonyl (C=O) groups is 3. The van der Waals surface area contributed by atoms with Gasteiger partial charge in [-0.3, -0.25) is 9.69 Å². The molecule has 0 aromatic rings. The highest BCUT2D eigenvalue weighted by Gasteiger charge is 2.28. The summed E-state index contributed by atoms with van der Waals surface area (Å²) in [6, 6.07) is -1.40. The van der Waals surface area contributed by atoms with Crippen molar-refractivity contribution < 1.29 is 24.6 Å². The first kappa shape index (κ1) is 17.2. The van der Waals surface area contributed by atoms with Gasteiger partial charge in [-0.1, -0.05) is 6.92 Å². The van der Waals surface area contributed by atoms with Crippen LogP contribution in [-0.4, -0.2) is 76.2 Å². The molecule has 0 aliphatic carbocycles. The lowest BCUT2D eigenvalue weighted by atomic mass is 10.1. The van der Waals surface area contributed by atoms with Crippen LogP contribution in [-0.2, 0) is 9.59 Å². The van der Waals surface area contributed by atoms with Crippen LogP contribution in [0.25, 0.3) is 0 Å². The summed E-state index contributed by atoms with van der Waals surface area (Å²) in [5.41, 5.74) is 0. The first-order valence-electron chi connectivity index (χ1n) is 7.09. The average Bonchev–Trinajstić information content (AvgIpc) is 2.42. The van der Waals surface area contributed by atoms with Gasteiger partial charge in [-0.05, 0) is 19.9 Å². The second-order valence-electron chi connectivity index (χ2n) is 5.20. The molecule has 1 aliphatic rings. The lowest BCUT2D eigenvalue weighted by Gasteiger charge is -2.39. The Bertz CT molecular complexity index is 401. The molecule has 1 aliphatic heterocycles. The Morgan fingerprint density at radius 3 is 2.43 bits per heavy atom. The van der Waals surface area contributed by atoms with Crippen molar-refractivity contribution in [2.24, 2.45) is 0 Å². The van der Waals surface area contributed by atoms with Crippen molar-refractivity contribution in [1.82, 2.24) is 15.1 Å². The molecule has 0 aromatic carbocycles. The number of hydrogen-bond donors (Lipinski definition) is 3. The Balaban J connectivity index is 2.53. The van der Waals surface area contributed by atoms with Gasteiger partial charge < -0.3 is 20.4 Å². The minimum Gasteiger partial charge on any atom is -0.481 e. The van der Waals surface area contributed by atoms with Crippen molar-refractivity contribution in [3.8, 4) is 0 Å².